The Labute approximate surface area is 79.2 Å². The molecule has 0 saturated heterocycles. The fraction of sp³-hybridized carbons (Fsp3) is 0.875. The van der Waals surface area contributed by atoms with Crippen LogP contribution in [0.3, 0.4) is 0 Å². The molecule has 0 N–H and O–H groups in total. The number of carbonyl (C=O) groups excluding carboxylic acids is 1. The van der Waals surface area contributed by atoms with Gasteiger partial charge >= 0.3 is 5.97 Å². The van der Waals surface area contributed by atoms with Crippen LogP contribution in [0.2, 0.25) is 0 Å². The molecule has 0 aliphatic carbocycles. The Morgan fingerprint density at radius 3 is 2.08 bits per heavy atom. The molecule has 0 saturated carbocycles. The number of rotatable bonds is 4. The number of esters is 1. The first-order valence-corrected chi connectivity index (χ1v) is 6.09. The molecule has 5 heteroatoms. The molecule has 0 rings (SSSR count). The summed E-state index contributed by atoms with van der Waals surface area (Å²) in [6, 6.07) is 0. The molecular weight excluding hydrogens is 192 g/mol. The molecule has 0 aliphatic heterocycles. The zero-order chi connectivity index (χ0) is 10.6. The second kappa shape index (κ2) is 4.60. The van der Waals surface area contributed by atoms with Crippen molar-refractivity contribution in [3.05, 3.63) is 0 Å². The van der Waals surface area contributed by atoms with Crippen LogP contribution >= 0.6 is 0 Å². The predicted octanol–water partition coefficient (Wildman–Crippen LogP) is 0.476. The van der Waals surface area contributed by atoms with Gasteiger partial charge in [-0.15, -0.1) is 0 Å². The molecule has 0 fully saturated rings. The summed E-state index contributed by atoms with van der Waals surface area (Å²) in [6.45, 7) is 3.60. The van der Waals surface area contributed by atoms with Gasteiger partial charge in [-0.2, -0.15) is 0 Å². The smallest absolute Gasteiger partial charge is 0.309 e. The van der Waals surface area contributed by atoms with Crippen LogP contribution in [0.25, 0.3) is 0 Å². The second-order valence-electron chi connectivity index (χ2n) is 3.47. The average molecular weight is 208 g/mol. The van der Waals surface area contributed by atoms with Gasteiger partial charge in [0, 0.05) is 6.26 Å². The first kappa shape index (κ1) is 12.4. The lowest BCUT2D eigenvalue weighted by atomic mass is 9.98. The highest BCUT2D eigenvalue weighted by Gasteiger charge is 2.26. The van der Waals surface area contributed by atoms with E-state index < -0.39 is 21.7 Å². The monoisotopic (exact) mass is 208 g/mol. The van der Waals surface area contributed by atoms with Gasteiger partial charge in [-0.05, 0) is 5.92 Å². The Balaban J connectivity index is 4.55. The van der Waals surface area contributed by atoms with Crippen molar-refractivity contribution in [3.63, 3.8) is 0 Å². The summed E-state index contributed by atoms with van der Waals surface area (Å²) in [5, 5.41) is 0. The first-order valence-electron chi connectivity index (χ1n) is 4.03. The van der Waals surface area contributed by atoms with E-state index in [2.05, 4.69) is 4.74 Å². The fourth-order valence-corrected chi connectivity index (χ4v) is 2.18. The highest BCUT2D eigenvalue weighted by molar-refractivity contribution is 7.90. The minimum Gasteiger partial charge on any atom is -0.469 e. The van der Waals surface area contributed by atoms with Gasteiger partial charge in [-0.25, -0.2) is 8.42 Å². The van der Waals surface area contributed by atoms with Crippen molar-refractivity contribution in [2.24, 2.45) is 11.8 Å². The topological polar surface area (TPSA) is 60.4 Å². The van der Waals surface area contributed by atoms with Gasteiger partial charge < -0.3 is 4.74 Å². The van der Waals surface area contributed by atoms with Crippen molar-refractivity contribution >= 4 is 15.8 Å². The van der Waals surface area contributed by atoms with E-state index in [-0.39, 0.29) is 11.7 Å². The highest BCUT2D eigenvalue weighted by atomic mass is 32.2. The van der Waals surface area contributed by atoms with Crippen LogP contribution in [-0.2, 0) is 19.4 Å². The summed E-state index contributed by atoms with van der Waals surface area (Å²) in [7, 11) is -1.86. The van der Waals surface area contributed by atoms with Gasteiger partial charge in [-0.3, -0.25) is 4.79 Å². The van der Waals surface area contributed by atoms with Gasteiger partial charge in [0.1, 0.15) is 9.84 Å². The lowest BCUT2D eigenvalue weighted by Gasteiger charge is -2.16. The average Bonchev–Trinajstić information content (AvgIpc) is 1.96. The molecule has 78 valence electrons. The third-order valence-corrected chi connectivity index (χ3v) is 2.76. The lowest BCUT2D eigenvalue weighted by molar-refractivity contribution is -0.146. The Bertz CT molecular complexity index is 266. The number of hydrogen-bond acceptors (Lipinski definition) is 4. The quantitative estimate of drug-likeness (QED) is 0.630. The molecule has 0 radical (unpaired) electrons. The summed E-state index contributed by atoms with van der Waals surface area (Å²) in [4.78, 5) is 11.1. The van der Waals surface area contributed by atoms with Crippen LogP contribution in [-0.4, -0.2) is 33.5 Å². The molecule has 0 spiro atoms. The van der Waals surface area contributed by atoms with E-state index in [1.807, 2.05) is 0 Å². The molecule has 1 unspecified atom stereocenters. The van der Waals surface area contributed by atoms with E-state index in [0.29, 0.717) is 0 Å². The van der Waals surface area contributed by atoms with Crippen molar-refractivity contribution in [1.82, 2.24) is 0 Å². The number of carbonyl (C=O) groups is 1. The highest BCUT2D eigenvalue weighted by Crippen LogP contribution is 2.14. The predicted molar refractivity (Wildman–Crippen MR) is 50.1 cm³/mol. The number of methoxy groups -OCH3 is 1. The van der Waals surface area contributed by atoms with Crippen LogP contribution < -0.4 is 0 Å². The Kier molecular flexibility index (Phi) is 4.39. The van der Waals surface area contributed by atoms with E-state index in [1.54, 1.807) is 13.8 Å². The Hall–Kier alpha value is -0.580. The van der Waals surface area contributed by atoms with E-state index in [1.165, 1.54) is 7.11 Å². The minimum absolute atomic E-state index is 0.0258. The van der Waals surface area contributed by atoms with E-state index >= 15 is 0 Å². The van der Waals surface area contributed by atoms with Gasteiger partial charge in [0.15, 0.2) is 0 Å². The summed E-state index contributed by atoms with van der Waals surface area (Å²) in [6.07, 6.45) is 1.12. The molecule has 1 atom stereocenters. The molecule has 0 bridgehead atoms. The molecule has 4 nitrogen and oxygen atoms in total. The largest absolute Gasteiger partial charge is 0.469 e. The summed E-state index contributed by atoms with van der Waals surface area (Å²) >= 11 is 0. The second-order valence-corrected chi connectivity index (χ2v) is 5.65. The molecule has 0 aliphatic rings. The lowest BCUT2D eigenvalue weighted by Crippen LogP contribution is -2.28. The van der Waals surface area contributed by atoms with E-state index in [9.17, 15) is 13.2 Å². The van der Waals surface area contributed by atoms with Crippen LogP contribution in [0, 0.1) is 11.8 Å². The molecule has 0 amide bonds. The standard InChI is InChI=1S/C8H16O4S/c1-6(2)7(8(9)12-3)5-13(4,10)11/h6-7H,5H2,1-4H3. The van der Waals surface area contributed by atoms with Crippen LogP contribution in [0.5, 0.6) is 0 Å². The third kappa shape index (κ3) is 4.87. The van der Waals surface area contributed by atoms with Crippen molar-refractivity contribution in [2.45, 2.75) is 13.8 Å². The van der Waals surface area contributed by atoms with E-state index in [4.69, 9.17) is 0 Å². The van der Waals surface area contributed by atoms with Gasteiger partial charge in [0.05, 0.1) is 18.8 Å². The Morgan fingerprint density at radius 2 is 1.85 bits per heavy atom. The van der Waals surface area contributed by atoms with Gasteiger partial charge in [0.2, 0.25) is 0 Å². The summed E-state index contributed by atoms with van der Waals surface area (Å²) < 4.78 is 26.4. The number of hydrogen-bond donors (Lipinski definition) is 0. The zero-order valence-corrected chi connectivity index (χ0v) is 9.22. The maximum atomic E-state index is 11.1. The summed E-state index contributed by atoms with van der Waals surface area (Å²) in [5.41, 5.74) is 0. The minimum atomic E-state index is -3.12. The van der Waals surface area contributed by atoms with E-state index in [0.717, 1.165) is 6.26 Å². The van der Waals surface area contributed by atoms with Crippen molar-refractivity contribution in [2.75, 3.05) is 19.1 Å². The molecular formula is C8H16O4S. The van der Waals surface area contributed by atoms with Crippen molar-refractivity contribution < 1.29 is 17.9 Å². The van der Waals surface area contributed by atoms with Crippen molar-refractivity contribution in [1.29, 1.82) is 0 Å². The van der Waals surface area contributed by atoms with Crippen molar-refractivity contribution in [3.8, 4) is 0 Å². The molecule has 0 aromatic rings. The van der Waals surface area contributed by atoms with Crippen LogP contribution in [0.1, 0.15) is 13.8 Å². The van der Waals surface area contributed by atoms with Crippen LogP contribution in [0.15, 0.2) is 0 Å². The Morgan fingerprint density at radius 1 is 1.38 bits per heavy atom. The molecule has 0 heterocycles. The summed E-state index contributed by atoms with van der Waals surface area (Å²) in [5.74, 6) is -1.18. The maximum absolute atomic E-state index is 11.1. The molecule has 13 heavy (non-hydrogen) atoms. The molecule has 0 aromatic carbocycles. The zero-order valence-electron chi connectivity index (χ0n) is 8.40. The normalized spacial score (nSPS) is 14.2. The van der Waals surface area contributed by atoms with Crippen LogP contribution in [0.4, 0.5) is 0 Å². The van der Waals surface area contributed by atoms with Gasteiger partial charge in [-0.1, -0.05) is 13.8 Å². The SMILES string of the molecule is COC(=O)C(CS(C)(=O)=O)C(C)C. The third-order valence-electron chi connectivity index (χ3n) is 1.79. The maximum Gasteiger partial charge on any atom is 0.309 e. The van der Waals surface area contributed by atoms with Gasteiger partial charge in [0.25, 0.3) is 0 Å². The first-order chi connectivity index (χ1) is 5.78. The fourth-order valence-electron chi connectivity index (χ4n) is 1.01. The number of ether oxygens (including phenoxy) is 1. The number of sulfone groups is 1. The molecule has 0 aromatic heterocycles.